The van der Waals surface area contributed by atoms with Gasteiger partial charge in [-0.05, 0) is 29.8 Å². The van der Waals surface area contributed by atoms with Crippen molar-refractivity contribution < 1.29 is 9.59 Å². The van der Waals surface area contributed by atoms with Crippen molar-refractivity contribution in [2.75, 3.05) is 11.4 Å². The van der Waals surface area contributed by atoms with E-state index >= 15 is 0 Å². The predicted molar refractivity (Wildman–Crippen MR) is 113 cm³/mol. The lowest BCUT2D eigenvalue weighted by Gasteiger charge is -2.21. The van der Waals surface area contributed by atoms with E-state index in [1.54, 1.807) is 23.2 Å². The molecule has 2 atom stereocenters. The van der Waals surface area contributed by atoms with E-state index in [1.165, 1.54) is 0 Å². The minimum atomic E-state index is -0.450. The number of rotatable bonds is 5. The van der Waals surface area contributed by atoms with Gasteiger partial charge < -0.3 is 10.2 Å². The highest BCUT2D eigenvalue weighted by molar-refractivity contribution is 6.33. The maximum Gasteiger partial charge on any atom is 0.227 e. The Morgan fingerprint density at radius 3 is 2.48 bits per heavy atom. The molecule has 29 heavy (non-hydrogen) atoms. The zero-order chi connectivity index (χ0) is 20.2. The van der Waals surface area contributed by atoms with Crippen molar-refractivity contribution in [2.45, 2.75) is 12.5 Å². The van der Waals surface area contributed by atoms with Crippen LogP contribution in [0.25, 0.3) is 0 Å². The minimum Gasteiger partial charge on any atom is -0.343 e. The van der Waals surface area contributed by atoms with Crippen molar-refractivity contribution in [3.8, 4) is 0 Å². The second-order valence-electron chi connectivity index (χ2n) is 6.96. The number of amides is 2. The normalized spacial score (nSPS) is 17.2. The molecule has 1 saturated heterocycles. The van der Waals surface area contributed by atoms with Gasteiger partial charge in [-0.2, -0.15) is 0 Å². The van der Waals surface area contributed by atoms with Crippen molar-refractivity contribution in [1.82, 2.24) is 10.3 Å². The Hall–Kier alpha value is -3.18. The van der Waals surface area contributed by atoms with Crippen molar-refractivity contribution >= 4 is 29.1 Å². The van der Waals surface area contributed by atoms with Crippen LogP contribution in [0.1, 0.15) is 23.7 Å². The summed E-state index contributed by atoms with van der Waals surface area (Å²) in [7, 11) is 0. The van der Waals surface area contributed by atoms with Crippen LogP contribution in [0.15, 0.2) is 79.0 Å². The number of carbonyl (C=O) groups excluding carboxylic acids is 2. The van der Waals surface area contributed by atoms with E-state index in [1.807, 2.05) is 60.7 Å². The topological polar surface area (TPSA) is 62.3 Å². The zero-order valence-electron chi connectivity index (χ0n) is 15.7. The van der Waals surface area contributed by atoms with Crippen LogP contribution in [0, 0.1) is 5.92 Å². The fourth-order valence-corrected chi connectivity index (χ4v) is 3.80. The number of anilines is 1. The average Bonchev–Trinajstić information content (AvgIpc) is 3.15. The van der Waals surface area contributed by atoms with Crippen molar-refractivity contribution in [2.24, 2.45) is 5.92 Å². The van der Waals surface area contributed by atoms with Crippen LogP contribution >= 0.6 is 11.6 Å². The smallest absolute Gasteiger partial charge is 0.227 e. The lowest BCUT2D eigenvalue weighted by atomic mass is 10.0. The second kappa shape index (κ2) is 8.45. The van der Waals surface area contributed by atoms with Gasteiger partial charge in [0, 0.05) is 19.2 Å². The molecule has 5 nitrogen and oxygen atoms in total. The first-order valence-electron chi connectivity index (χ1n) is 9.44. The van der Waals surface area contributed by atoms with Crippen LogP contribution in [0.2, 0.25) is 5.02 Å². The van der Waals surface area contributed by atoms with Gasteiger partial charge in [0.25, 0.3) is 0 Å². The van der Waals surface area contributed by atoms with E-state index in [0.29, 0.717) is 17.3 Å². The number of nitrogens with one attached hydrogen (secondary N) is 1. The van der Waals surface area contributed by atoms with E-state index in [2.05, 4.69) is 10.3 Å². The van der Waals surface area contributed by atoms with Gasteiger partial charge in [-0.1, -0.05) is 60.1 Å². The first-order chi connectivity index (χ1) is 14.1. The monoisotopic (exact) mass is 405 g/mol. The molecule has 4 rings (SSSR count). The Labute approximate surface area is 174 Å². The lowest BCUT2D eigenvalue weighted by molar-refractivity contribution is -0.126. The summed E-state index contributed by atoms with van der Waals surface area (Å²) >= 11 is 6.24. The maximum absolute atomic E-state index is 13.1. The van der Waals surface area contributed by atoms with E-state index in [-0.39, 0.29) is 24.3 Å². The molecule has 1 fully saturated rings. The number of halogens is 1. The van der Waals surface area contributed by atoms with Gasteiger partial charge in [-0.25, -0.2) is 0 Å². The lowest BCUT2D eigenvalue weighted by Crippen LogP contribution is -2.36. The highest BCUT2D eigenvalue weighted by atomic mass is 35.5. The quantitative estimate of drug-likeness (QED) is 0.698. The Kier molecular flexibility index (Phi) is 5.58. The maximum atomic E-state index is 13.1. The number of para-hydroxylation sites is 1. The molecule has 1 N–H and O–H groups in total. The molecule has 0 bridgehead atoms. The average molecular weight is 406 g/mol. The van der Waals surface area contributed by atoms with Crippen LogP contribution in [0.5, 0.6) is 0 Å². The van der Waals surface area contributed by atoms with E-state index < -0.39 is 5.92 Å². The molecule has 2 aromatic carbocycles. The molecule has 0 spiro atoms. The summed E-state index contributed by atoms with van der Waals surface area (Å²) in [6.07, 6.45) is 1.86. The molecule has 2 amide bonds. The first-order valence-corrected chi connectivity index (χ1v) is 9.82. The second-order valence-corrected chi connectivity index (χ2v) is 7.37. The predicted octanol–water partition coefficient (Wildman–Crippen LogP) is 3.99. The van der Waals surface area contributed by atoms with E-state index in [9.17, 15) is 9.59 Å². The molecule has 0 aliphatic carbocycles. The summed E-state index contributed by atoms with van der Waals surface area (Å²) in [6, 6.07) is 22.1. The minimum absolute atomic E-state index is 0.104. The van der Waals surface area contributed by atoms with Crippen LogP contribution in [0.3, 0.4) is 0 Å². The number of carbonyl (C=O) groups is 2. The Balaban J connectivity index is 1.54. The van der Waals surface area contributed by atoms with Crippen molar-refractivity contribution in [3.63, 3.8) is 0 Å². The van der Waals surface area contributed by atoms with E-state index in [0.717, 1.165) is 11.3 Å². The molecule has 146 valence electrons. The molecule has 2 heterocycles. The summed E-state index contributed by atoms with van der Waals surface area (Å²) in [6.45, 7) is 0.304. The zero-order valence-corrected chi connectivity index (χ0v) is 16.4. The molecule has 1 aliphatic rings. The van der Waals surface area contributed by atoms with Gasteiger partial charge in [0.15, 0.2) is 0 Å². The third-order valence-electron chi connectivity index (χ3n) is 5.04. The van der Waals surface area contributed by atoms with Gasteiger partial charge in [-0.3, -0.25) is 14.6 Å². The highest BCUT2D eigenvalue weighted by Gasteiger charge is 2.36. The Bertz CT molecular complexity index is 971. The molecule has 0 radical (unpaired) electrons. The van der Waals surface area contributed by atoms with Crippen LogP contribution in [-0.4, -0.2) is 23.3 Å². The number of pyridine rings is 1. The standard InChI is InChI=1S/C23H20ClN3O2/c24-18-10-4-5-12-20(18)27-15-17(14-21(27)28)23(29)26-22(16-8-2-1-3-9-16)19-11-6-7-13-25-19/h1-13,17,22H,14-15H2,(H,26,29)/t17-,22+/m1/s1. The van der Waals surface area contributed by atoms with Crippen LogP contribution < -0.4 is 10.2 Å². The number of aromatic nitrogens is 1. The summed E-state index contributed by atoms with van der Waals surface area (Å²) in [4.78, 5) is 31.6. The SMILES string of the molecule is O=C(N[C@@H](c1ccccc1)c1ccccn1)[C@@H]1CC(=O)N(c2ccccc2Cl)C1. The highest BCUT2D eigenvalue weighted by Crippen LogP contribution is 2.31. The summed E-state index contributed by atoms with van der Waals surface area (Å²) in [5, 5.41) is 3.58. The Morgan fingerprint density at radius 2 is 1.76 bits per heavy atom. The molecule has 0 saturated carbocycles. The van der Waals surface area contributed by atoms with Crippen molar-refractivity contribution in [1.29, 1.82) is 0 Å². The molecule has 6 heteroatoms. The Morgan fingerprint density at radius 1 is 1.03 bits per heavy atom. The molecular formula is C23H20ClN3O2. The molecule has 3 aromatic rings. The number of hydrogen-bond acceptors (Lipinski definition) is 3. The van der Waals surface area contributed by atoms with E-state index in [4.69, 9.17) is 11.6 Å². The molecule has 1 aromatic heterocycles. The van der Waals surface area contributed by atoms with Gasteiger partial charge in [0.2, 0.25) is 11.8 Å². The number of benzene rings is 2. The first kappa shape index (κ1) is 19.2. The number of hydrogen-bond donors (Lipinski definition) is 1. The van der Waals surface area contributed by atoms with Crippen LogP contribution in [0.4, 0.5) is 5.69 Å². The van der Waals surface area contributed by atoms with Gasteiger partial charge in [-0.15, -0.1) is 0 Å². The number of nitrogens with zero attached hydrogens (tertiary/aromatic N) is 2. The summed E-state index contributed by atoms with van der Waals surface area (Å²) < 4.78 is 0. The molecular weight excluding hydrogens is 386 g/mol. The summed E-state index contributed by atoms with van der Waals surface area (Å²) in [5.41, 5.74) is 2.32. The third-order valence-corrected chi connectivity index (χ3v) is 5.36. The molecule has 1 aliphatic heterocycles. The van der Waals surface area contributed by atoms with Gasteiger partial charge >= 0.3 is 0 Å². The van der Waals surface area contributed by atoms with Gasteiger partial charge in [0.1, 0.15) is 0 Å². The van der Waals surface area contributed by atoms with Gasteiger partial charge in [0.05, 0.1) is 28.4 Å². The summed E-state index contributed by atoms with van der Waals surface area (Å²) in [5.74, 6) is -0.728. The third kappa shape index (κ3) is 4.15. The largest absolute Gasteiger partial charge is 0.343 e. The fourth-order valence-electron chi connectivity index (χ4n) is 3.57. The van der Waals surface area contributed by atoms with Crippen molar-refractivity contribution in [3.05, 3.63) is 95.3 Å². The fraction of sp³-hybridized carbons (Fsp3) is 0.174. The van der Waals surface area contributed by atoms with Crippen LogP contribution in [-0.2, 0) is 9.59 Å². The molecule has 0 unspecified atom stereocenters.